The van der Waals surface area contributed by atoms with Crippen LogP contribution in [0.3, 0.4) is 0 Å². The van der Waals surface area contributed by atoms with Gasteiger partial charge in [-0.05, 0) is 50.6 Å². The monoisotopic (exact) mass is 418 g/mol. The second-order valence-electron chi connectivity index (χ2n) is 7.00. The molecule has 0 bridgehead atoms. The molecule has 4 nitrogen and oxygen atoms in total. The smallest absolute Gasteiger partial charge is 0.308 e. The summed E-state index contributed by atoms with van der Waals surface area (Å²) >= 11 is 3.64. The molecular formula is C21H23BrO4. The molecule has 0 aromatic heterocycles. The number of hydrogen-bond acceptors (Lipinski definition) is 4. The van der Waals surface area contributed by atoms with E-state index in [1.54, 1.807) is 0 Å². The largest absolute Gasteiger partial charge is 0.457 e. The maximum absolute atomic E-state index is 11.7. The van der Waals surface area contributed by atoms with E-state index in [9.17, 15) is 4.79 Å². The molecule has 1 heterocycles. The summed E-state index contributed by atoms with van der Waals surface area (Å²) in [6, 6.07) is 17.4. The number of alkyl halides is 1. The summed E-state index contributed by atoms with van der Waals surface area (Å²) in [5, 5.41) is 0. The van der Waals surface area contributed by atoms with Gasteiger partial charge in [0, 0.05) is 10.2 Å². The number of esters is 1. The van der Waals surface area contributed by atoms with Crippen LogP contribution in [-0.4, -0.2) is 16.6 Å². The highest BCUT2D eigenvalue weighted by molar-refractivity contribution is 9.10. The number of hydrogen-bond donors (Lipinski definition) is 0. The molecule has 3 rings (SSSR count). The Hall–Kier alpha value is -1.85. The highest BCUT2D eigenvalue weighted by atomic mass is 79.9. The van der Waals surface area contributed by atoms with Crippen molar-refractivity contribution in [2.75, 3.05) is 0 Å². The first kappa shape index (κ1) is 18.9. The van der Waals surface area contributed by atoms with E-state index in [0.717, 1.165) is 17.1 Å². The third-order valence-electron chi connectivity index (χ3n) is 4.49. The lowest BCUT2D eigenvalue weighted by Gasteiger charge is -2.29. The lowest BCUT2D eigenvalue weighted by atomic mass is 9.93. The minimum absolute atomic E-state index is 0.0406. The second kappa shape index (κ2) is 7.80. The van der Waals surface area contributed by atoms with E-state index < -0.39 is 6.29 Å². The third-order valence-corrected chi connectivity index (χ3v) is 5.08. The maximum atomic E-state index is 11.7. The Morgan fingerprint density at radius 3 is 2.50 bits per heavy atom. The molecule has 0 N–H and O–H groups in total. The first-order valence-corrected chi connectivity index (χ1v) is 9.49. The fourth-order valence-corrected chi connectivity index (χ4v) is 3.34. The zero-order valence-electron chi connectivity index (χ0n) is 15.1. The summed E-state index contributed by atoms with van der Waals surface area (Å²) in [4.78, 5) is 11.7. The minimum Gasteiger partial charge on any atom is -0.457 e. The van der Waals surface area contributed by atoms with E-state index >= 15 is 0 Å². The van der Waals surface area contributed by atoms with Gasteiger partial charge in [0.2, 0.25) is 6.29 Å². The highest BCUT2D eigenvalue weighted by Gasteiger charge is 2.44. The fourth-order valence-electron chi connectivity index (χ4n) is 2.96. The predicted octanol–water partition coefficient (Wildman–Crippen LogP) is 5.62. The van der Waals surface area contributed by atoms with Gasteiger partial charge < -0.3 is 14.2 Å². The lowest BCUT2D eigenvalue weighted by molar-refractivity contribution is -0.180. The van der Waals surface area contributed by atoms with E-state index in [2.05, 4.69) is 15.9 Å². The highest BCUT2D eigenvalue weighted by Crippen LogP contribution is 2.40. The Morgan fingerprint density at radius 2 is 1.81 bits per heavy atom. The van der Waals surface area contributed by atoms with E-state index in [0.29, 0.717) is 6.42 Å². The van der Waals surface area contributed by atoms with Crippen LogP contribution in [0.5, 0.6) is 11.5 Å². The van der Waals surface area contributed by atoms with Gasteiger partial charge in [0.1, 0.15) is 11.5 Å². The zero-order chi connectivity index (χ0) is 18.7. The van der Waals surface area contributed by atoms with Crippen LogP contribution >= 0.6 is 15.9 Å². The molecule has 0 spiro atoms. The molecule has 26 heavy (non-hydrogen) atoms. The van der Waals surface area contributed by atoms with E-state index in [-0.39, 0.29) is 22.3 Å². The molecule has 2 aromatic rings. The van der Waals surface area contributed by atoms with Gasteiger partial charge in [-0.3, -0.25) is 4.79 Å². The number of carbonyl (C=O) groups excluding carboxylic acids is 1. The standard InChI is InChI=1S/C21H23BrO4/c1-14(24-20-18(21(2,3)22)13-19(23)26-20)15-8-7-11-17(12-15)25-16-9-5-4-6-10-16/h4-12,14,18,20H,13H2,1-3H3. The van der Waals surface area contributed by atoms with Gasteiger partial charge in [0.05, 0.1) is 12.5 Å². The summed E-state index contributed by atoms with van der Waals surface area (Å²) in [5.41, 5.74) is 0.965. The Bertz CT molecular complexity index is 754. The first-order valence-electron chi connectivity index (χ1n) is 8.69. The molecule has 1 saturated heterocycles. The molecule has 0 amide bonds. The quantitative estimate of drug-likeness (QED) is 0.451. The van der Waals surface area contributed by atoms with Crippen LogP contribution < -0.4 is 4.74 Å². The van der Waals surface area contributed by atoms with E-state index in [4.69, 9.17) is 14.2 Å². The normalized spacial score (nSPS) is 21.3. The Balaban J connectivity index is 1.71. The van der Waals surface area contributed by atoms with Crippen molar-refractivity contribution in [3.05, 3.63) is 60.2 Å². The number of ether oxygens (including phenoxy) is 3. The fraction of sp³-hybridized carbons (Fsp3) is 0.381. The topological polar surface area (TPSA) is 44.8 Å². The predicted molar refractivity (Wildman–Crippen MR) is 103 cm³/mol. The van der Waals surface area contributed by atoms with Gasteiger partial charge in [-0.2, -0.15) is 0 Å². The van der Waals surface area contributed by atoms with Gasteiger partial charge in [0.15, 0.2) is 0 Å². The van der Waals surface area contributed by atoms with Crippen molar-refractivity contribution in [3.63, 3.8) is 0 Å². The van der Waals surface area contributed by atoms with Crippen molar-refractivity contribution in [1.29, 1.82) is 0 Å². The van der Waals surface area contributed by atoms with Crippen LogP contribution in [0.15, 0.2) is 54.6 Å². The van der Waals surface area contributed by atoms with Crippen LogP contribution in [-0.2, 0) is 14.3 Å². The first-order chi connectivity index (χ1) is 12.3. The average molecular weight is 419 g/mol. The molecule has 0 radical (unpaired) electrons. The van der Waals surface area contributed by atoms with Crippen molar-refractivity contribution in [3.8, 4) is 11.5 Å². The number of benzene rings is 2. The molecule has 138 valence electrons. The molecule has 3 unspecified atom stereocenters. The van der Waals surface area contributed by atoms with Crippen LogP contribution in [0.4, 0.5) is 0 Å². The summed E-state index contributed by atoms with van der Waals surface area (Å²) in [6.07, 6.45) is -0.444. The molecule has 1 aliphatic rings. The maximum Gasteiger partial charge on any atom is 0.308 e. The van der Waals surface area contributed by atoms with Gasteiger partial charge >= 0.3 is 5.97 Å². The SMILES string of the molecule is CC(OC1OC(=O)CC1C(C)(C)Br)c1cccc(Oc2ccccc2)c1. The zero-order valence-corrected chi connectivity index (χ0v) is 16.7. The van der Waals surface area contributed by atoms with Crippen molar-refractivity contribution < 1.29 is 19.0 Å². The van der Waals surface area contributed by atoms with Gasteiger partial charge in [-0.25, -0.2) is 0 Å². The number of cyclic esters (lactones) is 1. The third kappa shape index (κ3) is 4.65. The Labute approximate surface area is 162 Å². The van der Waals surface area contributed by atoms with Crippen LogP contribution in [0.25, 0.3) is 0 Å². The molecule has 5 heteroatoms. The van der Waals surface area contributed by atoms with Crippen LogP contribution in [0.2, 0.25) is 0 Å². The molecule has 2 aromatic carbocycles. The van der Waals surface area contributed by atoms with Crippen LogP contribution in [0.1, 0.15) is 38.9 Å². The van der Waals surface area contributed by atoms with E-state index in [1.165, 1.54) is 0 Å². The van der Waals surface area contributed by atoms with Crippen molar-refractivity contribution in [2.45, 2.75) is 43.9 Å². The van der Waals surface area contributed by atoms with Crippen LogP contribution in [0, 0.1) is 5.92 Å². The second-order valence-corrected chi connectivity index (χ2v) is 9.04. The van der Waals surface area contributed by atoms with Gasteiger partial charge in [-0.15, -0.1) is 0 Å². The van der Waals surface area contributed by atoms with Crippen molar-refractivity contribution >= 4 is 21.9 Å². The number of carbonyl (C=O) groups is 1. The molecular weight excluding hydrogens is 396 g/mol. The molecule has 3 atom stereocenters. The van der Waals surface area contributed by atoms with E-state index in [1.807, 2.05) is 75.4 Å². The van der Waals surface area contributed by atoms with Crippen molar-refractivity contribution in [2.24, 2.45) is 5.92 Å². The number of rotatable bonds is 6. The molecule has 1 fully saturated rings. The lowest BCUT2D eigenvalue weighted by Crippen LogP contribution is -2.33. The molecule has 1 aliphatic heterocycles. The molecule has 0 aliphatic carbocycles. The number of para-hydroxylation sites is 1. The molecule has 0 saturated carbocycles. The Morgan fingerprint density at radius 1 is 1.12 bits per heavy atom. The average Bonchev–Trinajstić information content (AvgIpc) is 2.97. The number of halogens is 1. The van der Waals surface area contributed by atoms with Gasteiger partial charge in [-0.1, -0.05) is 46.3 Å². The summed E-state index contributed by atoms with van der Waals surface area (Å²) < 4.78 is 17.1. The van der Waals surface area contributed by atoms with Gasteiger partial charge in [0.25, 0.3) is 0 Å². The Kier molecular flexibility index (Phi) is 5.68. The minimum atomic E-state index is -0.564. The summed E-state index contributed by atoms with van der Waals surface area (Å²) in [6.45, 7) is 6.00. The summed E-state index contributed by atoms with van der Waals surface area (Å²) in [7, 11) is 0. The summed E-state index contributed by atoms with van der Waals surface area (Å²) in [5.74, 6) is 1.26. The van der Waals surface area contributed by atoms with Crippen molar-refractivity contribution in [1.82, 2.24) is 0 Å².